The Kier molecular flexibility index (Phi) is 8.05. The van der Waals surface area contributed by atoms with Gasteiger partial charge in [-0.1, -0.05) is 34.8 Å². The van der Waals surface area contributed by atoms with Crippen LogP contribution in [0.2, 0.25) is 15.1 Å². The third kappa shape index (κ3) is 6.22. The molecule has 2 heterocycles. The van der Waals surface area contributed by atoms with E-state index in [0.29, 0.717) is 33.3 Å². The largest absolute Gasteiger partial charge is 0.339 e. The minimum Gasteiger partial charge on any atom is -0.339 e. The van der Waals surface area contributed by atoms with E-state index in [1.807, 2.05) is 4.90 Å². The van der Waals surface area contributed by atoms with Gasteiger partial charge in [-0.05, 0) is 38.3 Å². The molecule has 9 heteroatoms. The Morgan fingerprint density at radius 3 is 2.14 bits per heavy atom. The monoisotopic (exact) mass is 460 g/mol. The molecule has 1 unspecified atom stereocenters. The van der Waals surface area contributed by atoms with Crippen molar-refractivity contribution in [2.75, 3.05) is 51.1 Å². The molecular weight excluding hydrogens is 435 g/mol. The van der Waals surface area contributed by atoms with Gasteiger partial charge in [0.1, 0.15) is 0 Å². The number of piperidine rings is 1. The van der Waals surface area contributed by atoms with Gasteiger partial charge < -0.3 is 10.2 Å². The third-order valence-electron chi connectivity index (χ3n) is 5.59. The van der Waals surface area contributed by atoms with Crippen LogP contribution in [-0.2, 0) is 9.59 Å². The van der Waals surface area contributed by atoms with E-state index in [0.717, 1.165) is 45.6 Å². The highest BCUT2D eigenvalue weighted by Gasteiger charge is 2.26. The van der Waals surface area contributed by atoms with Crippen LogP contribution < -0.4 is 5.32 Å². The summed E-state index contributed by atoms with van der Waals surface area (Å²) in [4.78, 5) is 31.2. The maximum atomic E-state index is 12.6. The number of nitrogens with zero attached hydrogens (tertiary/aromatic N) is 3. The molecule has 0 saturated carbocycles. The van der Waals surface area contributed by atoms with E-state index in [4.69, 9.17) is 34.8 Å². The molecule has 3 rings (SSSR count). The summed E-state index contributed by atoms with van der Waals surface area (Å²) in [5, 5.41) is 3.81. The zero-order valence-corrected chi connectivity index (χ0v) is 18.9. The molecule has 160 valence electrons. The minimum atomic E-state index is -0.178. The van der Waals surface area contributed by atoms with Crippen molar-refractivity contribution in [2.45, 2.75) is 32.2 Å². The van der Waals surface area contributed by atoms with Crippen LogP contribution in [0.4, 0.5) is 5.69 Å². The van der Waals surface area contributed by atoms with Gasteiger partial charge in [0.2, 0.25) is 11.8 Å². The molecule has 1 aromatic carbocycles. The first-order chi connectivity index (χ1) is 13.8. The van der Waals surface area contributed by atoms with E-state index in [-0.39, 0.29) is 18.4 Å². The number of hydrogen-bond donors (Lipinski definition) is 1. The van der Waals surface area contributed by atoms with Gasteiger partial charge >= 0.3 is 0 Å². The van der Waals surface area contributed by atoms with E-state index < -0.39 is 0 Å². The number of carbonyl (C=O) groups is 2. The number of rotatable bonds is 5. The lowest BCUT2D eigenvalue weighted by Crippen LogP contribution is -2.53. The molecule has 2 aliphatic rings. The van der Waals surface area contributed by atoms with Crippen molar-refractivity contribution >= 4 is 52.3 Å². The second-order valence-electron chi connectivity index (χ2n) is 7.78. The van der Waals surface area contributed by atoms with Crippen LogP contribution in [0.3, 0.4) is 0 Å². The molecule has 0 aliphatic carbocycles. The van der Waals surface area contributed by atoms with E-state index in [1.54, 1.807) is 12.1 Å². The first-order valence-electron chi connectivity index (χ1n) is 10.0. The number of halogens is 3. The van der Waals surface area contributed by atoms with Crippen molar-refractivity contribution in [3.8, 4) is 0 Å². The second-order valence-corrected chi connectivity index (χ2v) is 9.03. The van der Waals surface area contributed by atoms with Crippen LogP contribution in [-0.4, -0.2) is 78.4 Å². The van der Waals surface area contributed by atoms with Crippen molar-refractivity contribution in [3.63, 3.8) is 0 Å². The van der Waals surface area contributed by atoms with E-state index in [1.165, 1.54) is 6.42 Å². The number of nitrogens with one attached hydrogen (secondary N) is 1. The quantitative estimate of drug-likeness (QED) is 0.728. The molecule has 1 aromatic rings. The standard InChI is InChI=1S/C20H27Cl3N4O2/c1-14-4-2-3-5-27(14)19(29)13-26-8-6-25(7-9-26)12-18(28)24-20-16(22)10-15(21)11-17(20)23/h10-11,14H,2-9,12-13H2,1H3,(H,24,28). The predicted octanol–water partition coefficient (Wildman–Crippen LogP) is 3.60. The number of carbonyl (C=O) groups excluding carboxylic acids is 2. The lowest BCUT2D eigenvalue weighted by atomic mass is 10.0. The molecule has 2 aliphatic heterocycles. The smallest absolute Gasteiger partial charge is 0.238 e. The fourth-order valence-corrected chi connectivity index (χ4v) is 4.81. The molecule has 1 atom stereocenters. The lowest BCUT2D eigenvalue weighted by molar-refractivity contribution is -0.136. The molecule has 2 fully saturated rings. The molecule has 2 saturated heterocycles. The van der Waals surface area contributed by atoms with Crippen LogP contribution in [0.25, 0.3) is 0 Å². The predicted molar refractivity (Wildman–Crippen MR) is 118 cm³/mol. The zero-order chi connectivity index (χ0) is 21.0. The van der Waals surface area contributed by atoms with Crippen LogP contribution in [0.1, 0.15) is 26.2 Å². The van der Waals surface area contributed by atoms with Gasteiger partial charge in [-0.2, -0.15) is 0 Å². The topological polar surface area (TPSA) is 55.9 Å². The summed E-state index contributed by atoms with van der Waals surface area (Å²) in [5.74, 6) is 0.0400. The van der Waals surface area contributed by atoms with Gasteiger partial charge in [-0.25, -0.2) is 0 Å². The Morgan fingerprint density at radius 1 is 0.966 bits per heavy atom. The number of hydrogen-bond acceptors (Lipinski definition) is 4. The Hall–Kier alpha value is -1.05. The summed E-state index contributed by atoms with van der Waals surface area (Å²) < 4.78 is 0. The lowest BCUT2D eigenvalue weighted by Gasteiger charge is -2.37. The maximum Gasteiger partial charge on any atom is 0.238 e. The van der Waals surface area contributed by atoms with Crippen LogP contribution in [0.15, 0.2) is 12.1 Å². The Morgan fingerprint density at radius 2 is 1.55 bits per heavy atom. The van der Waals surface area contributed by atoms with Crippen molar-refractivity contribution < 1.29 is 9.59 Å². The van der Waals surface area contributed by atoms with Gasteiger partial charge in [0.05, 0.1) is 28.8 Å². The summed E-state index contributed by atoms with van der Waals surface area (Å²) in [7, 11) is 0. The highest BCUT2D eigenvalue weighted by molar-refractivity contribution is 6.42. The summed E-state index contributed by atoms with van der Waals surface area (Å²) >= 11 is 18.1. The Labute approximate surface area is 187 Å². The Balaban J connectivity index is 1.44. The van der Waals surface area contributed by atoms with Crippen LogP contribution in [0.5, 0.6) is 0 Å². The molecular formula is C20H27Cl3N4O2. The van der Waals surface area contributed by atoms with E-state index in [2.05, 4.69) is 22.0 Å². The maximum absolute atomic E-state index is 12.6. The van der Waals surface area contributed by atoms with E-state index >= 15 is 0 Å². The highest BCUT2D eigenvalue weighted by atomic mass is 35.5. The van der Waals surface area contributed by atoms with Gasteiger partial charge in [0, 0.05) is 43.8 Å². The molecule has 0 aromatic heterocycles. The molecule has 0 radical (unpaired) electrons. The molecule has 2 amide bonds. The van der Waals surface area contributed by atoms with E-state index in [9.17, 15) is 9.59 Å². The van der Waals surface area contributed by atoms with Gasteiger partial charge in [-0.3, -0.25) is 19.4 Å². The number of anilines is 1. The van der Waals surface area contributed by atoms with Crippen molar-refractivity contribution in [1.29, 1.82) is 0 Å². The summed E-state index contributed by atoms with van der Waals surface area (Å²) in [5.41, 5.74) is 0.377. The second kappa shape index (κ2) is 10.3. The zero-order valence-electron chi connectivity index (χ0n) is 16.6. The number of benzene rings is 1. The average molecular weight is 462 g/mol. The normalized spacial score (nSPS) is 21.2. The van der Waals surface area contributed by atoms with Crippen molar-refractivity contribution in [1.82, 2.24) is 14.7 Å². The fraction of sp³-hybridized carbons (Fsp3) is 0.600. The number of piperazine rings is 1. The highest BCUT2D eigenvalue weighted by Crippen LogP contribution is 2.33. The van der Waals surface area contributed by atoms with Crippen molar-refractivity contribution in [2.24, 2.45) is 0 Å². The van der Waals surface area contributed by atoms with Gasteiger partial charge in [0.15, 0.2) is 0 Å². The van der Waals surface area contributed by atoms with Gasteiger partial charge in [0.25, 0.3) is 0 Å². The molecule has 0 spiro atoms. The number of likely N-dealkylation sites (tertiary alicyclic amines) is 1. The molecule has 29 heavy (non-hydrogen) atoms. The summed E-state index contributed by atoms with van der Waals surface area (Å²) in [6.07, 6.45) is 3.40. The fourth-order valence-electron chi connectivity index (χ4n) is 3.90. The first-order valence-corrected chi connectivity index (χ1v) is 11.2. The van der Waals surface area contributed by atoms with Crippen LogP contribution in [0, 0.1) is 0 Å². The number of amides is 2. The Bertz CT molecular complexity index is 730. The van der Waals surface area contributed by atoms with Crippen molar-refractivity contribution in [3.05, 3.63) is 27.2 Å². The van der Waals surface area contributed by atoms with Crippen LogP contribution >= 0.6 is 34.8 Å². The summed E-state index contributed by atoms with van der Waals surface area (Å²) in [6, 6.07) is 3.43. The molecule has 0 bridgehead atoms. The molecule has 1 N–H and O–H groups in total. The summed E-state index contributed by atoms with van der Waals surface area (Å²) in [6.45, 7) is 6.72. The molecule has 6 nitrogen and oxygen atoms in total. The first kappa shape index (κ1) is 22.6. The average Bonchev–Trinajstić information content (AvgIpc) is 2.66. The SMILES string of the molecule is CC1CCCCN1C(=O)CN1CCN(CC(=O)Nc2c(Cl)cc(Cl)cc2Cl)CC1. The minimum absolute atomic E-state index is 0.178. The van der Waals surface area contributed by atoms with Gasteiger partial charge in [-0.15, -0.1) is 0 Å². The third-order valence-corrected chi connectivity index (χ3v) is 6.40.